The molecule has 0 aromatic carbocycles. The minimum Gasteiger partial charge on any atom is -0.407 e. The van der Waals surface area contributed by atoms with E-state index in [1.165, 1.54) is 6.26 Å². The Morgan fingerprint density at radius 3 is 2.73 bits per heavy atom. The Morgan fingerprint density at radius 1 is 1.47 bits per heavy atom. The minimum atomic E-state index is -2.90. The van der Waals surface area contributed by atoms with Gasteiger partial charge in [-0.3, -0.25) is 0 Å². The lowest BCUT2D eigenvalue weighted by Crippen LogP contribution is -2.09. The molecule has 1 aromatic heterocycles. The van der Waals surface area contributed by atoms with Gasteiger partial charge in [0.15, 0.2) is 0 Å². The summed E-state index contributed by atoms with van der Waals surface area (Å²) in [7, 11) is -2.90. The summed E-state index contributed by atoms with van der Waals surface area (Å²) < 4.78 is 26.7. The first-order chi connectivity index (χ1) is 7.01. The van der Waals surface area contributed by atoms with Crippen molar-refractivity contribution < 1.29 is 12.8 Å². The number of anilines is 1. The second kappa shape index (κ2) is 5.08. The molecule has 0 radical (unpaired) electrons. The molecule has 15 heavy (non-hydrogen) atoms. The fraction of sp³-hybridized carbons (Fsp3) is 0.714. The standard InChI is InChI=1S/C7H14N4O3S/c1-15(12,13)4-2-3-9-7-11-10-6(5-8)14-7/h2-5,8H2,1H3,(H,9,11). The highest BCUT2D eigenvalue weighted by molar-refractivity contribution is 7.90. The first kappa shape index (κ1) is 11.9. The number of rotatable bonds is 6. The molecule has 0 unspecified atom stereocenters. The van der Waals surface area contributed by atoms with E-state index in [-0.39, 0.29) is 18.3 Å². The molecule has 0 aliphatic heterocycles. The zero-order chi connectivity index (χ0) is 11.3. The normalized spacial score (nSPS) is 11.6. The maximum Gasteiger partial charge on any atom is 0.315 e. The molecule has 7 nitrogen and oxygen atoms in total. The maximum atomic E-state index is 10.8. The highest BCUT2D eigenvalue weighted by Crippen LogP contribution is 2.04. The number of hydrogen-bond acceptors (Lipinski definition) is 7. The molecule has 0 atom stereocenters. The molecule has 3 N–H and O–H groups in total. The molecule has 0 saturated carbocycles. The Hall–Kier alpha value is -1.15. The smallest absolute Gasteiger partial charge is 0.315 e. The van der Waals surface area contributed by atoms with Gasteiger partial charge < -0.3 is 15.5 Å². The van der Waals surface area contributed by atoms with Gasteiger partial charge in [-0.2, -0.15) is 0 Å². The van der Waals surface area contributed by atoms with E-state index in [9.17, 15) is 8.42 Å². The van der Waals surface area contributed by atoms with Crippen LogP contribution in [0.15, 0.2) is 4.42 Å². The number of sulfone groups is 1. The van der Waals surface area contributed by atoms with E-state index in [0.717, 1.165) is 0 Å². The fourth-order valence-corrected chi connectivity index (χ4v) is 1.61. The Bertz CT molecular complexity index is 400. The van der Waals surface area contributed by atoms with Crippen LogP contribution < -0.4 is 11.1 Å². The molecule has 86 valence electrons. The summed E-state index contributed by atoms with van der Waals surface area (Å²) in [4.78, 5) is 0. The first-order valence-electron chi connectivity index (χ1n) is 4.45. The fourth-order valence-electron chi connectivity index (χ4n) is 0.937. The third-order valence-electron chi connectivity index (χ3n) is 1.61. The van der Waals surface area contributed by atoms with Crippen LogP contribution in [0.2, 0.25) is 0 Å². The number of hydrogen-bond donors (Lipinski definition) is 2. The quantitative estimate of drug-likeness (QED) is 0.630. The third kappa shape index (κ3) is 4.75. The van der Waals surface area contributed by atoms with Crippen LogP contribution in [0.3, 0.4) is 0 Å². The molecule has 0 amide bonds. The lowest BCUT2D eigenvalue weighted by atomic mass is 10.5. The molecule has 0 aliphatic carbocycles. The molecule has 0 fully saturated rings. The Balaban J connectivity index is 2.26. The molecule has 0 aliphatic rings. The second-order valence-corrected chi connectivity index (χ2v) is 5.38. The van der Waals surface area contributed by atoms with Gasteiger partial charge in [0, 0.05) is 12.8 Å². The molecule has 1 heterocycles. The molecule has 0 saturated heterocycles. The van der Waals surface area contributed by atoms with E-state index in [2.05, 4.69) is 15.5 Å². The topological polar surface area (TPSA) is 111 Å². The van der Waals surface area contributed by atoms with Gasteiger partial charge in [0.05, 0.1) is 12.3 Å². The SMILES string of the molecule is CS(=O)(=O)CCCNc1nnc(CN)o1. The highest BCUT2D eigenvalue weighted by Gasteiger charge is 2.04. The molecular formula is C7H14N4O3S. The van der Waals surface area contributed by atoms with Crippen LogP contribution in [-0.2, 0) is 16.4 Å². The zero-order valence-corrected chi connectivity index (χ0v) is 9.25. The van der Waals surface area contributed by atoms with Gasteiger partial charge in [-0.15, -0.1) is 5.10 Å². The summed E-state index contributed by atoms with van der Waals surface area (Å²) in [6.45, 7) is 0.664. The van der Waals surface area contributed by atoms with Gasteiger partial charge in [-0.05, 0) is 6.42 Å². The lowest BCUT2D eigenvalue weighted by molar-refractivity contribution is 0.507. The van der Waals surface area contributed by atoms with Crippen molar-refractivity contribution in [2.45, 2.75) is 13.0 Å². The van der Waals surface area contributed by atoms with Crippen LogP contribution in [0, 0.1) is 0 Å². The largest absolute Gasteiger partial charge is 0.407 e. The predicted octanol–water partition coefficient (Wildman–Crippen LogP) is -0.625. The van der Waals surface area contributed by atoms with Crippen molar-refractivity contribution in [3.63, 3.8) is 0 Å². The monoisotopic (exact) mass is 234 g/mol. The van der Waals surface area contributed by atoms with E-state index in [4.69, 9.17) is 10.2 Å². The average molecular weight is 234 g/mol. The van der Waals surface area contributed by atoms with Crippen molar-refractivity contribution in [3.8, 4) is 0 Å². The number of nitrogens with zero attached hydrogens (tertiary/aromatic N) is 2. The Morgan fingerprint density at radius 2 is 2.20 bits per heavy atom. The Kier molecular flexibility index (Phi) is 4.04. The van der Waals surface area contributed by atoms with E-state index in [1.54, 1.807) is 0 Å². The van der Waals surface area contributed by atoms with Crippen molar-refractivity contribution in [1.82, 2.24) is 10.2 Å². The summed E-state index contributed by atoms with van der Waals surface area (Å²) >= 11 is 0. The first-order valence-corrected chi connectivity index (χ1v) is 6.51. The van der Waals surface area contributed by atoms with Gasteiger partial charge >= 0.3 is 6.01 Å². The number of aromatic nitrogens is 2. The molecule has 1 rings (SSSR count). The van der Waals surface area contributed by atoms with Gasteiger partial charge in [0.25, 0.3) is 0 Å². The van der Waals surface area contributed by atoms with Gasteiger partial charge in [0.1, 0.15) is 9.84 Å². The molecule has 1 aromatic rings. The van der Waals surface area contributed by atoms with Crippen molar-refractivity contribution in [2.24, 2.45) is 5.73 Å². The summed E-state index contributed by atoms with van der Waals surface area (Å²) in [5, 5.41) is 10.1. The van der Waals surface area contributed by atoms with Crippen molar-refractivity contribution in [3.05, 3.63) is 5.89 Å². The van der Waals surface area contributed by atoms with E-state index in [0.29, 0.717) is 18.9 Å². The lowest BCUT2D eigenvalue weighted by Gasteiger charge is -1.99. The van der Waals surface area contributed by atoms with Crippen LogP contribution in [-0.4, -0.2) is 37.2 Å². The van der Waals surface area contributed by atoms with Crippen molar-refractivity contribution in [2.75, 3.05) is 23.9 Å². The maximum absolute atomic E-state index is 10.8. The predicted molar refractivity (Wildman–Crippen MR) is 55.0 cm³/mol. The van der Waals surface area contributed by atoms with E-state index in [1.807, 2.05) is 0 Å². The molecule has 0 bridgehead atoms. The molecule has 0 spiro atoms. The van der Waals surface area contributed by atoms with E-state index >= 15 is 0 Å². The zero-order valence-electron chi connectivity index (χ0n) is 8.43. The van der Waals surface area contributed by atoms with Crippen LogP contribution in [0.4, 0.5) is 6.01 Å². The average Bonchev–Trinajstić information content (AvgIpc) is 2.59. The van der Waals surface area contributed by atoms with Gasteiger partial charge in [-0.25, -0.2) is 8.42 Å². The summed E-state index contributed by atoms with van der Waals surface area (Å²) in [5.41, 5.74) is 5.27. The van der Waals surface area contributed by atoms with Crippen molar-refractivity contribution in [1.29, 1.82) is 0 Å². The van der Waals surface area contributed by atoms with Gasteiger partial charge in [0.2, 0.25) is 5.89 Å². The molecular weight excluding hydrogens is 220 g/mol. The highest BCUT2D eigenvalue weighted by atomic mass is 32.2. The van der Waals surface area contributed by atoms with Gasteiger partial charge in [-0.1, -0.05) is 5.10 Å². The Labute approximate surface area is 88.0 Å². The minimum absolute atomic E-state index is 0.137. The van der Waals surface area contributed by atoms with Crippen LogP contribution in [0.1, 0.15) is 12.3 Å². The molecule has 8 heteroatoms. The summed E-state index contributed by atoms with van der Waals surface area (Å²) in [5.74, 6) is 0.485. The summed E-state index contributed by atoms with van der Waals surface area (Å²) in [6.07, 6.45) is 1.70. The van der Waals surface area contributed by atoms with Crippen molar-refractivity contribution >= 4 is 15.9 Å². The van der Waals surface area contributed by atoms with E-state index < -0.39 is 9.84 Å². The third-order valence-corrected chi connectivity index (χ3v) is 2.64. The number of nitrogens with one attached hydrogen (secondary N) is 1. The second-order valence-electron chi connectivity index (χ2n) is 3.12. The summed E-state index contributed by atoms with van der Waals surface area (Å²) in [6, 6.07) is 0.268. The number of nitrogens with two attached hydrogens (primary N) is 1. The van der Waals surface area contributed by atoms with Crippen LogP contribution in [0.5, 0.6) is 0 Å². The van der Waals surface area contributed by atoms with Crippen LogP contribution in [0.25, 0.3) is 0 Å². The van der Waals surface area contributed by atoms with Crippen LogP contribution >= 0.6 is 0 Å².